The molecule has 110 valence electrons. The van der Waals surface area contributed by atoms with Crippen LogP contribution in [0.5, 0.6) is 5.75 Å². The minimum Gasteiger partial charge on any atom is -0.496 e. The highest BCUT2D eigenvalue weighted by atomic mass is 79.9. The van der Waals surface area contributed by atoms with Crippen molar-refractivity contribution in [1.82, 2.24) is 5.32 Å². The highest BCUT2D eigenvalue weighted by Gasteiger charge is 2.11. The van der Waals surface area contributed by atoms with E-state index in [9.17, 15) is 9.18 Å². The van der Waals surface area contributed by atoms with Crippen molar-refractivity contribution in [2.75, 3.05) is 13.7 Å². The quantitative estimate of drug-likeness (QED) is 0.894. The maximum atomic E-state index is 12.8. The van der Waals surface area contributed by atoms with Crippen LogP contribution in [0.2, 0.25) is 0 Å². The van der Waals surface area contributed by atoms with Crippen molar-refractivity contribution in [3.05, 3.63) is 63.9 Å². The third kappa shape index (κ3) is 4.29. The first-order valence-electron chi connectivity index (χ1n) is 6.46. The molecule has 0 fully saturated rings. The van der Waals surface area contributed by atoms with Crippen LogP contribution in [0.3, 0.4) is 0 Å². The van der Waals surface area contributed by atoms with Crippen molar-refractivity contribution in [2.45, 2.75) is 6.42 Å². The number of nitrogens with one attached hydrogen (secondary N) is 1. The zero-order chi connectivity index (χ0) is 15.2. The van der Waals surface area contributed by atoms with Crippen molar-refractivity contribution in [1.29, 1.82) is 0 Å². The predicted molar refractivity (Wildman–Crippen MR) is 83.1 cm³/mol. The average Bonchev–Trinajstić information content (AvgIpc) is 2.49. The number of ether oxygens (including phenoxy) is 1. The van der Waals surface area contributed by atoms with E-state index >= 15 is 0 Å². The minimum absolute atomic E-state index is 0.193. The van der Waals surface area contributed by atoms with Gasteiger partial charge in [0.2, 0.25) is 0 Å². The number of rotatable bonds is 5. The first kappa shape index (κ1) is 15.5. The fourth-order valence-electron chi connectivity index (χ4n) is 1.92. The number of amides is 1. The maximum absolute atomic E-state index is 12.8. The summed E-state index contributed by atoms with van der Waals surface area (Å²) in [5.74, 6) is 0.0625. The zero-order valence-electron chi connectivity index (χ0n) is 11.5. The smallest absolute Gasteiger partial charge is 0.255 e. The van der Waals surface area contributed by atoms with Crippen LogP contribution in [0.1, 0.15) is 15.9 Å². The van der Waals surface area contributed by atoms with Gasteiger partial charge < -0.3 is 10.1 Å². The Bertz CT molecular complexity index is 629. The highest BCUT2D eigenvalue weighted by molar-refractivity contribution is 9.10. The van der Waals surface area contributed by atoms with Gasteiger partial charge in [0.25, 0.3) is 5.91 Å². The molecular weight excluding hydrogens is 337 g/mol. The molecule has 1 N–H and O–H groups in total. The minimum atomic E-state index is -0.262. The lowest BCUT2D eigenvalue weighted by Gasteiger charge is -2.09. The summed E-state index contributed by atoms with van der Waals surface area (Å²) >= 11 is 3.33. The number of methoxy groups -OCH3 is 1. The van der Waals surface area contributed by atoms with Gasteiger partial charge in [-0.25, -0.2) is 4.39 Å². The molecule has 0 saturated carbocycles. The SMILES string of the molecule is COc1cc(Br)ccc1C(=O)NCCc1ccc(F)cc1. The number of carbonyl (C=O) groups excluding carboxylic acids is 1. The van der Waals surface area contributed by atoms with Crippen molar-refractivity contribution < 1.29 is 13.9 Å². The van der Waals surface area contributed by atoms with Crippen LogP contribution in [0, 0.1) is 5.82 Å². The normalized spacial score (nSPS) is 10.2. The molecule has 2 rings (SSSR count). The van der Waals surface area contributed by atoms with Gasteiger partial charge in [-0.2, -0.15) is 0 Å². The third-order valence-corrected chi connectivity index (χ3v) is 3.51. The van der Waals surface area contributed by atoms with Crippen molar-refractivity contribution in [3.63, 3.8) is 0 Å². The Balaban J connectivity index is 1.94. The number of carbonyl (C=O) groups is 1. The van der Waals surface area contributed by atoms with Gasteiger partial charge in [-0.15, -0.1) is 0 Å². The molecule has 0 bridgehead atoms. The number of hydrogen-bond donors (Lipinski definition) is 1. The highest BCUT2D eigenvalue weighted by Crippen LogP contribution is 2.23. The van der Waals surface area contributed by atoms with E-state index in [1.165, 1.54) is 19.2 Å². The Hall–Kier alpha value is -1.88. The fourth-order valence-corrected chi connectivity index (χ4v) is 2.26. The summed E-state index contributed by atoms with van der Waals surface area (Å²) < 4.78 is 18.8. The van der Waals surface area contributed by atoms with E-state index in [2.05, 4.69) is 21.2 Å². The van der Waals surface area contributed by atoms with Gasteiger partial charge >= 0.3 is 0 Å². The molecule has 21 heavy (non-hydrogen) atoms. The van der Waals surface area contributed by atoms with Gasteiger partial charge in [0.05, 0.1) is 12.7 Å². The monoisotopic (exact) mass is 351 g/mol. The fraction of sp³-hybridized carbons (Fsp3) is 0.188. The van der Waals surface area contributed by atoms with E-state index in [1.54, 1.807) is 30.3 Å². The number of benzene rings is 2. The lowest BCUT2D eigenvalue weighted by molar-refractivity contribution is 0.0951. The topological polar surface area (TPSA) is 38.3 Å². The molecular formula is C16H15BrFNO2. The standard InChI is InChI=1S/C16H15BrFNO2/c1-21-15-10-12(17)4-7-14(15)16(20)19-9-8-11-2-5-13(18)6-3-11/h2-7,10H,8-9H2,1H3,(H,19,20). The molecule has 0 aliphatic heterocycles. The lowest BCUT2D eigenvalue weighted by Crippen LogP contribution is -2.26. The Kier molecular flexibility index (Phi) is 5.33. The van der Waals surface area contributed by atoms with Gasteiger partial charge in [0.15, 0.2) is 0 Å². The van der Waals surface area contributed by atoms with E-state index in [1.807, 2.05) is 0 Å². The first-order chi connectivity index (χ1) is 10.1. The molecule has 0 aliphatic rings. The molecule has 2 aromatic rings. The van der Waals surface area contributed by atoms with Crippen LogP contribution in [0.15, 0.2) is 46.9 Å². The molecule has 0 atom stereocenters. The average molecular weight is 352 g/mol. The summed E-state index contributed by atoms with van der Waals surface area (Å²) in [6.45, 7) is 0.476. The van der Waals surface area contributed by atoms with Crippen LogP contribution < -0.4 is 10.1 Å². The summed E-state index contributed by atoms with van der Waals surface area (Å²) in [5.41, 5.74) is 1.46. The van der Waals surface area contributed by atoms with Crippen molar-refractivity contribution in [2.24, 2.45) is 0 Å². The molecule has 0 aliphatic carbocycles. The molecule has 0 radical (unpaired) electrons. The predicted octanol–water partition coefficient (Wildman–Crippen LogP) is 3.57. The van der Waals surface area contributed by atoms with Crippen LogP contribution in [-0.4, -0.2) is 19.6 Å². The lowest BCUT2D eigenvalue weighted by atomic mass is 10.1. The Labute approximate surface area is 131 Å². The molecule has 5 heteroatoms. The van der Waals surface area contributed by atoms with E-state index in [4.69, 9.17) is 4.74 Å². The Morgan fingerprint density at radius 3 is 2.62 bits per heavy atom. The summed E-state index contributed by atoms with van der Waals surface area (Å²) in [5, 5.41) is 2.83. The summed E-state index contributed by atoms with van der Waals surface area (Å²) in [6, 6.07) is 11.5. The van der Waals surface area contributed by atoms with Crippen LogP contribution in [0.4, 0.5) is 4.39 Å². The number of halogens is 2. The van der Waals surface area contributed by atoms with Crippen LogP contribution in [-0.2, 0) is 6.42 Å². The molecule has 0 heterocycles. The van der Waals surface area contributed by atoms with Crippen LogP contribution in [0.25, 0.3) is 0 Å². The summed E-state index contributed by atoms with van der Waals surface area (Å²) in [4.78, 5) is 12.1. The molecule has 2 aromatic carbocycles. The van der Waals surface area contributed by atoms with Gasteiger partial charge in [0, 0.05) is 11.0 Å². The second-order valence-electron chi connectivity index (χ2n) is 4.48. The summed E-state index contributed by atoms with van der Waals surface area (Å²) in [6.07, 6.45) is 0.644. The number of hydrogen-bond acceptors (Lipinski definition) is 2. The second-order valence-corrected chi connectivity index (χ2v) is 5.39. The second kappa shape index (κ2) is 7.22. The van der Waals surface area contributed by atoms with Crippen molar-refractivity contribution in [3.8, 4) is 5.75 Å². The van der Waals surface area contributed by atoms with Gasteiger partial charge in [-0.05, 0) is 42.3 Å². The third-order valence-electron chi connectivity index (χ3n) is 3.02. The van der Waals surface area contributed by atoms with Crippen molar-refractivity contribution >= 4 is 21.8 Å². The molecule has 0 unspecified atom stereocenters. The largest absolute Gasteiger partial charge is 0.496 e. The van der Waals surface area contributed by atoms with Gasteiger partial charge in [0.1, 0.15) is 11.6 Å². The Morgan fingerprint density at radius 1 is 1.24 bits per heavy atom. The van der Waals surface area contributed by atoms with E-state index in [0.29, 0.717) is 24.3 Å². The molecule has 3 nitrogen and oxygen atoms in total. The van der Waals surface area contributed by atoms with E-state index < -0.39 is 0 Å². The van der Waals surface area contributed by atoms with E-state index in [0.717, 1.165) is 10.0 Å². The van der Waals surface area contributed by atoms with Gasteiger partial charge in [-0.3, -0.25) is 4.79 Å². The van der Waals surface area contributed by atoms with E-state index in [-0.39, 0.29) is 11.7 Å². The molecule has 1 amide bonds. The molecule has 0 aromatic heterocycles. The molecule has 0 spiro atoms. The van der Waals surface area contributed by atoms with Crippen LogP contribution >= 0.6 is 15.9 Å². The molecule has 0 saturated heterocycles. The van der Waals surface area contributed by atoms with Gasteiger partial charge in [-0.1, -0.05) is 28.1 Å². The first-order valence-corrected chi connectivity index (χ1v) is 7.25. The Morgan fingerprint density at radius 2 is 1.95 bits per heavy atom. The zero-order valence-corrected chi connectivity index (χ0v) is 13.1. The maximum Gasteiger partial charge on any atom is 0.255 e. The summed E-state index contributed by atoms with van der Waals surface area (Å²) in [7, 11) is 1.52.